The van der Waals surface area contributed by atoms with E-state index in [2.05, 4.69) is 253 Å². The van der Waals surface area contributed by atoms with Crippen LogP contribution in [0.3, 0.4) is 0 Å². The van der Waals surface area contributed by atoms with Crippen molar-refractivity contribution in [2.75, 3.05) is 0 Å². The van der Waals surface area contributed by atoms with Crippen molar-refractivity contribution in [2.45, 2.75) is 0 Å². The summed E-state index contributed by atoms with van der Waals surface area (Å²) in [5.41, 5.74) is 16.0. The summed E-state index contributed by atoms with van der Waals surface area (Å²) in [5.74, 6) is 0. The Morgan fingerprint density at radius 3 is 0.877 bits per heavy atom. The van der Waals surface area contributed by atoms with Crippen molar-refractivity contribution in [1.29, 1.82) is 0 Å². The molecule has 0 atom stereocenters. The van der Waals surface area contributed by atoms with Crippen LogP contribution in [0.5, 0.6) is 0 Å². The normalized spacial score (nSPS) is 11.7. The van der Waals surface area contributed by atoms with Gasteiger partial charge in [-0.15, -0.1) is 0 Å². The molecule has 65 heavy (non-hydrogen) atoms. The molecule has 0 spiro atoms. The van der Waals surface area contributed by atoms with E-state index in [1.54, 1.807) is 0 Å². The molecule has 0 N–H and O–H groups in total. The number of hydrogen-bond acceptors (Lipinski definition) is 0. The minimum Gasteiger partial charge on any atom is -0.309 e. The average molecular weight is 824 g/mol. The molecule has 13 aromatic rings. The van der Waals surface area contributed by atoms with E-state index in [-0.39, 0.29) is 0 Å². The van der Waals surface area contributed by atoms with Gasteiger partial charge in [-0.3, -0.25) is 0 Å². The fourth-order valence-electron chi connectivity index (χ4n) is 10.8. The number of hydrogen-bond donors (Lipinski definition) is 0. The van der Waals surface area contributed by atoms with Crippen LogP contribution >= 0.6 is 0 Å². The van der Waals surface area contributed by atoms with Crippen LogP contribution in [0, 0.1) is 0 Å². The summed E-state index contributed by atoms with van der Waals surface area (Å²) >= 11 is 0. The van der Waals surface area contributed by atoms with Crippen molar-refractivity contribution in [3.63, 3.8) is 0 Å². The second-order valence-corrected chi connectivity index (χ2v) is 17.1. The van der Waals surface area contributed by atoms with Crippen molar-refractivity contribution < 1.29 is 0 Å². The molecule has 0 saturated carbocycles. The summed E-state index contributed by atoms with van der Waals surface area (Å²) in [6.45, 7) is 0. The van der Waals surface area contributed by atoms with Crippen molar-refractivity contribution in [3.05, 3.63) is 249 Å². The van der Waals surface area contributed by atoms with E-state index in [9.17, 15) is 0 Å². The second-order valence-electron chi connectivity index (χ2n) is 17.1. The highest BCUT2D eigenvalue weighted by Crippen LogP contribution is 2.48. The molecule has 13 rings (SSSR count). The molecule has 1 heteroatoms. The van der Waals surface area contributed by atoms with Gasteiger partial charge in [-0.2, -0.15) is 0 Å². The van der Waals surface area contributed by atoms with E-state index < -0.39 is 0 Å². The summed E-state index contributed by atoms with van der Waals surface area (Å²) < 4.78 is 2.39. The van der Waals surface area contributed by atoms with E-state index >= 15 is 0 Å². The van der Waals surface area contributed by atoms with Crippen LogP contribution in [0.15, 0.2) is 249 Å². The zero-order chi connectivity index (χ0) is 42.8. The molecule has 0 aliphatic rings. The van der Waals surface area contributed by atoms with Crippen molar-refractivity contribution in [2.24, 2.45) is 0 Å². The molecule has 0 unspecified atom stereocenters. The first-order valence-electron chi connectivity index (χ1n) is 22.5. The minimum atomic E-state index is 1.16. The number of para-hydroxylation sites is 2. The summed E-state index contributed by atoms with van der Waals surface area (Å²) in [6.07, 6.45) is 0. The molecule has 0 amide bonds. The lowest BCUT2D eigenvalue weighted by atomic mass is 9.83. The van der Waals surface area contributed by atoms with Gasteiger partial charge in [0.05, 0.1) is 11.0 Å². The third kappa shape index (κ3) is 5.87. The number of nitrogens with zero attached hydrogens (tertiary/aromatic N) is 1. The van der Waals surface area contributed by atoms with E-state index in [1.807, 2.05) is 0 Å². The van der Waals surface area contributed by atoms with Gasteiger partial charge in [0, 0.05) is 16.5 Å². The van der Waals surface area contributed by atoms with E-state index in [4.69, 9.17) is 0 Å². The molecule has 12 aromatic carbocycles. The highest BCUT2D eigenvalue weighted by atomic mass is 15.0. The summed E-state index contributed by atoms with van der Waals surface area (Å²) in [6, 6.07) is 91.4. The minimum absolute atomic E-state index is 1.16. The maximum absolute atomic E-state index is 2.39. The number of benzene rings is 12. The average Bonchev–Trinajstić information content (AvgIpc) is 3.72. The Hall–Kier alpha value is -8.52. The van der Waals surface area contributed by atoms with Crippen LogP contribution in [0.25, 0.3) is 126 Å². The van der Waals surface area contributed by atoms with E-state index in [0.717, 1.165) is 5.69 Å². The molecule has 1 heterocycles. The Bertz CT molecular complexity index is 3800. The molecular formula is C64H41N. The van der Waals surface area contributed by atoms with Crippen LogP contribution < -0.4 is 0 Å². The monoisotopic (exact) mass is 823 g/mol. The summed E-state index contributed by atoms with van der Waals surface area (Å²) in [7, 11) is 0. The summed E-state index contributed by atoms with van der Waals surface area (Å²) in [4.78, 5) is 0. The lowest BCUT2D eigenvalue weighted by Gasteiger charge is -2.20. The Labute approximate surface area is 377 Å². The topological polar surface area (TPSA) is 4.93 Å². The Kier molecular flexibility index (Phi) is 8.60. The predicted molar refractivity (Wildman–Crippen MR) is 278 cm³/mol. The first-order valence-corrected chi connectivity index (χ1v) is 22.5. The Morgan fingerprint density at radius 1 is 0.185 bits per heavy atom. The third-order valence-electron chi connectivity index (χ3n) is 13.6. The van der Waals surface area contributed by atoms with Gasteiger partial charge in [0.1, 0.15) is 0 Å². The van der Waals surface area contributed by atoms with Crippen LogP contribution in [0.4, 0.5) is 0 Å². The van der Waals surface area contributed by atoms with E-state index in [0.29, 0.717) is 0 Å². The smallest absolute Gasteiger partial charge is 0.0541 e. The predicted octanol–water partition coefficient (Wildman–Crippen LogP) is 17.7. The molecular weight excluding hydrogens is 783 g/mol. The second kappa shape index (κ2) is 15.1. The zero-order valence-corrected chi connectivity index (χ0v) is 35.6. The van der Waals surface area contributed by atoms with E-state index in [1.165, 1.54) is 121 Å². The molecule has 1 aromatic heterocycles. The van der Waals surface area contributed by atoms with Crippen LogP contribution in [0.2, 0.25) is 0 Å². The molecule has 0 bridgehead atoms. The van der Waals surface area contributed by atoms with Gasteiger partial charge in [-0.1, -0.05) is 224 Å². The highest BCUT2D eigenvalue weighted by molar-refractivity contribution is 6.24. The highest BCUT2D eigenvalue weighted by Gasteiger charge is 2.21. The first-order chi connectivity index (χ1) is 32.3. The number of fused-ring (bicyclic) bond motifs is 7. The van der Waals surface area contributed by atoms with Crippen molar-refractivity contribution in [1.82, 2.24) is 4.57 Å². The van der Waals surface area contributed by atoms with Gasteiger partial charge in [-0.05, 0) is 123 Å². The lowest BCUT2D eigenvalue weighted by molar-refractivity contribution is 1.18. The molecule has 0 fully saturated rings. The molecule has 0 aliphatic carbocycles. The van der Waals surface area contributed by atoms with Gasteiger partial charge >= 0.3 is 0 Å². The fourth-order valence-corrected chi connectivity index (χ4v) is 10.8. The Balaban J connectivity index is 0.955. The van der Waals surface area contributed by atoms with Crippen LogP contribution in [0.1, 0.15) is 0 Å². The maximum Gasteiger partial charge on any atom is 0.0541 e. The lowest BCUT2D eigenvalue weighted by Crippen LogP contribution is -1.94. The van der Waals surface area contributed by atoms with Gasteiger partial charge < -0.3 is 4.57 Å². The molecule has 1 nitrogen and oxygen atoms in total. The molecule has 0 radical (unpaired) electrons. The number of rotatable bonds is 6. The van der Waals surface area contributed by atoms with Crippen molar-refractivity contribution in [3.8, 4) is 61.3 Å². The molecule has 0 saturated heterocycles. The SMILES string of the molecule is c1ccc(-c2ccccc2-c2c3ccccc3c(-c3ccc(-c4c5ccccc5c(-c5ccc(-n6c7ccccc7c7ccccc76)cc5)c5ccccc45)cc3)c3ccccc23)cc1. The maximum atomic E-state index is 2.39. The molecule has 0 aliphatic heterocycles. The Morgan fingerprint density at radius 2 is 0.477 bits per heavy atom. The van der Waals surface area contributed by atoms with Gasteiger partial charge in [0.25, 0.3) is 0 Å². The molecule has 302 valence electrons. The van der Waals surface area contributed by atoms with Gasteiger partial charge in [0.15, 0.2) is 0 Å². The standard InChI is InChI=1S/C64H41N/c1-2-18-42(19-3-1)47-20-4-5-23-50(47)64-57-30-12-10-28-55(57)62(56-29-11-13-31-58(56)64)44-36-34-43(35-37-44)61-51-24-6-8-26-53(51)63(54-27-9-7-25-52(54)61)45-38-40-46(41-39-45)65-59-32-16-14-21-48(59)49-22-15-17-33-60(49)65/h1-41H. The largest absolute Gasteiger partial charge is 0.309 e. The van der Waals surface area contributed by atoms with Gasteiger partial charge in [-0.25, -0.2) is 0 Å². The quantitative estimate of drug-likeness (QED) is 0.147. The van der Waals surface area contributed by atoms with Crippen molar-refractivity contribution >= 4 is 64.9 Å². The van der Waals surface area contributed by atoms with Gasteiger partial charge in [0.2, 0.25) is 0 Å². The first kappa shape index (κ1) is 37.1. The fraction of sp³-hybridized carbons (Fsp3) is 0. The zero-order valence-electron chi connectivity index (χ0n) is 35.6. The van der Waals surface area contributed by atoms with Crippen LogP contribution in [-0.4, -0.2) is 4.57 Å². The van der Waals surface area contributed by atoms with Crippen LogP contribution in [-0.2, 0) is 0 Å². The number of aromatic nitrogens is 1. The third-order valence-corrected chi connectivity index (χ3v) is 13.6. The summed E-state index contributed by atoms with van der Waals surface area (Å²) in [5, 5.41) is 12.5.